The Kier molecular flexibility index (Phi) is 5.55. The molecule has 0 heterocycles. The Balaban J connectivity index is 1.60. The maximum atomic E-state index is 12.8. The van der Waals surface area contributed by atoms with E-state index in [1.165, 1.54) is 19.3 Å². The van der Waals surface area contributed by atoms with Crippen molar-refractivity contribution < 1.29 is 14.6 Å². The summed E-state index contributed by atoms with van der Waals surface area (Å²) in [7, 11) is 1.90. The van der Waals surface area contributed by atoms with Crippen LogP contribution in [0.2, 0.25) is 0 Å². The maximum absolute atomic E-state index is 12.8. The molecule has 5 aliphatic rings. The Hall–Kier alpha value is -0.830. The van der Waals surface area contributed by atoms with Crippen LogP contribution < -0.4 is 0 Å². The van der Waals surface area contributed by atoms with E-state index in [2.05, 4.69) is 54.5 Å². The van der Waals surface area contributed by atoms with Crippen molar-refractivity contribution in [3.8, 4) is 0 Å². The molecule has 4 saturated carbocycles. The van der Waals surface area contributed by atoms with Gasteiger partial charge < -0.3 is 9.84 Å². The summed E-state index contributed by atoms with van der Waals surface area (Å²) in [6, 6.07) is 0. The van der Waals surface area contributed by atoms with Gasteiger partial charge in [0, 0.05) is 7.11 Å². The van der Waals surface area contributed by atoms with Crippen LogP contribution in [-0.2, 0) is 9.53 Å². The standard InChI is InChI=1S/C31H50O3/c1-19-11-16-31(26(32)33)18-17-29(6)21(25(31)20(19)2)9-10-23-28(5)14-13-24(34-8)27(3,4)22(28)12-15-30(23,29)7/h9,19-20,22-25H,10-18H2,1-8H3,(H,32,33)/t19-,20+,22+,23-,24+,25+,28+,29-,30-,31+/m1/s1. The number of fused-ring (bicyclic) bond motifs is 7. The van der Waals surface area contributed by atoms with Gasteiger partial charge in [-0.2, -0.15) is 0 Å². The predicted octanol–water partition coefficient (Wildman–Crippen LogP) is 7.74. The van der Waals surface area contributed by atoms with Gasteiger partial charge in [-0.3, -0.25) is 4.79 Å². The van der Waals surface area contributed by atoms with Crippen molar-refractivity contribution in [1.82, 2.24) is 0 Å². The molecule has 3 heteroatoms. The summed E-state index contributed by atoms with van der Waals surface area (Å²) in [6.45, 7) is 17.4. The van der Waals surface area contributed by atoms with Crippen molar-refractivity contribution >= 4 is 5.97 Å². The zero-order valence-electron chi connectivity index (χ0n) is 23.2. The van der Waals surface area contributed by atoms with Crippen LogP contribution in [0.15, 0.2) is 11.6 Å². The first-order valence-corrected chi connectivity index (χ1v) is 14.3. The lowest BCUT2D eigenvalue weighted by Gasteiger charge is -2.71. The van der Waals surface area contributed by atoms with Gasteiger partial charge in [-0.15, -0.1) is 0 Å². The molecule has 0 radical (unpaired) electrons. The van der Waals surface area contributed by atoms with Crippen molar-refractivity contribution in [2.75, 3.05) is 7.11 Å². The van der Waals surface area contributed by atoms with Gasteiger partial charge in [0.15, 0.2) is 0 Å². The van der Waals surface area contributed by atoms with Gasteiger partial charge in [0.1, 0.15) is 0 Å². The number of hydrogen-bond acceptors (Lipinski definition) is 2. The van der Waals surface area contributed by atoms with Gasteiger partial charge in [-0.05, 0) is 109 Å². The number of carboxylic acids is 1. The van der Waals surface area contributed by atoms with Gasteiger partial charge in [0.25, 0.3) is 0 Å². The molecule has 0 bridgehead atoms. The highest BCUT2D eigenvalue weighted by Gasteiger charge is 2.69. The van der Waals surface area contributed by atoms with Gasteiger partial charge in [-0.1, -0.05) is 60.1 Å². The maximum Gasteiger partial charge on any atom is 0.310 e. The second kappa shape index (κ2) is 7.59. The van der Waals surface area contributed by atoms with E-state index in [-0.39, 0.29) is 22.2 Å². The second-order valence-corrected chi connectivity index (χ2v) is 14.7. The van der Waals surface area contributed by atoms with Crippen molar-refractivity contribution in [3.63, 3.8) is 0 Å². The smallest absolute Gasteiger partial charge is 0.310 e. The third-order valence-electron chi connectivity index (χ3n) is 13.6. The lowest BCUT2D eigenvalue weighted by atomic mass is 9.33. The predicted molar refractivity (Wildman–Crippen MR) is 137 cm³/mol. The molecule has 0 aromatic rings. The van der Waals surface area contributed by atoms with Crippen LogP contribution >= 0.6 is 0 Å². The fraction of sp³-hybridized carbons (Fsp3) is 0.903. The van der Waals surface area contributed by atoms with Crippen molar-refractivity contribution in [3.05, 3.63) is 11.6 Å². The topological polar surface area (TPSA) is 46.5 Å². The Morgan fingerprint density at radius 3 is 2.29 bits per heavy atom. The van der Waals surface area contributed by atoms with Crippen LogP contribution in [-0.4, -0.2) is 24.3 Å². The molecule has 192 valence electrons. The van der Waals surface area contributed by atoms with E-state index in [0.29, 0.717) is 35.2 Å². The first-order chi connectivity index (χ1) is 15.8. The molecule has 5 aliphatic carbocycles. The number of aliphatic carboxylic acids is 1. The number of allylic oxidation sites excluding steroid dienone is 2. The highest BCUT2D eigenvalue weighted by atomic mass is 16.5. The second-order valence-electron chi connectivity index (χ2n) is 14.7. The van der Waals surface area contributed by atoms with E-state index in [1.54, 1.807) is 5.57 Å². The van der Waals surface area contributed by atoms with E-state index >= 15 is 0 Å². The quantitative estimate of drug-likeness (QED) is 0.420. The van der Waals surface area contributed by atoms with E-state index < -0.39 is 11.4 Å². The molecule has 0 aromatic carbocycles. The third kappa shape index (κ3) is 2.83. The Morgan fingerprint density at radius 1 is 0.941 bits per heavy atom. The Labute approximate surface area is 208 Å². The van der Waals surface area contributed by atoms with Crippen LogP contribution in [0.25, 0.3) is 0 Å². The van der Waals surface area contributed by atoms with Crippen LogP contribution in [0.1, 0.15) is 106 Å². The van der Waals surface area contributed by atoms with Crippen LogP contribution in [0.4, 0.5) is 0 Å². The SMILES string of the molecule is CO[C@H]1CC[C@]2(C)[C@H]3CC=C4[C@@H]5[C@@H](C)[C@H](C)CC[C@]5(C(=O)O)CC[C@@]4(C)[C@]3(C)CC[C@H]2C1(C)C. The zero-order chi connectivity index (χ0) is 24.9. The zero-order valence-corrected chi connectivity index (χ0v) is 23.2. The monoisotopic (exact) mass is 470 g/mol. The molecule has 1 N–H and O–H groups in total. The summed E-state index contributed by atoms with van der Waals surface area (Å²) in [4.78, 5) is 12.8. The Bertz CT molecular complexity index is 889. The van der Waals surface area contributed by atoms with Gasteiger partial charge >= 0.3 is 5.97 Å². The minimum Gasteiger partial charge on any atom is -0.481 e. The molecule has 0 amide bonds. The van der Waals surface area contributed by atoms with Crippen molar-refractivity contribution in [2.45, 2.75) is 112 Å². The lowest BCUT2D eigenvalue weighted by molar-refractivity contribution is -0.210. The fourth-order valence-corrected chi connectivity index (χ4v) is 11.3. The van der Waals surface area contributed by atoms with Crippen molar-refractivity contribution in [2.24, 2.45) is 56.7 Å². The number of ether oxygens (including phenoxy) is 1. The molecule has 0 unspecified atom stereocenters. The molecular weight excluding hydrogens is 420 g/mol. The average molecular weight is 471 g/mol. The van der Waals surface area contributed by atoms with Gasteiger partial charge in [-0.25, -0.2) is 0 Å². The van der Waals surface area contributed by atoms with Crippen molar-refractivity contribution in [1.29, 1.82) is 0 Å². The van der Waals surface area contributed by atoms with E-state index in [1.807, 2.05) is 7.11 Å². The average Bonchev–Trinajstić information content (AvgIpc) is 2.76. The molecule has 3 nitrogen and oxygen atoms in total. The van der Waals surface area contributed by atoms with Crippen LogP contribution in [0.3, 0.4) is 0 Å². The number of hydrogen-bond donors (Lipinski definition) is 1. The van der Waals surface area contributed by atoms with Gasteiger partial charge in [0.05, 0.1) is 11.5 Å². The number of carbonyl (C=O) groups is 1. The first kappa shape index (κ1) is 24.8. The highest BCUT2D eigenvalue weighted by Crippen LogP contribution is 2.75. The van der Waals surface area contributed by atoms with E-state index in [4.69, 9.17) is 4.74 Å². The number of methoxy groups -OCH3 is 1. The van der Waals surface area contributed by atoms with Crippen LogP contribution in [0, 0.1) is 56.7 Å². The van der Waals surface area contributed by atoms with E-state index in [9.17, 15) is 9.90 Å². The highest BCUT2D eigenvalue weighted by molar-refractivity contribution is 5.76. The summed E-state index contributed by atoms with van der Waals surface area (Å²) in [5, 5.41) is 10.6. The molecule has 0 aromatic heterocycles. The Morgan fingerprint density at radius 2 is 1.65 bits per heavy atom. The minimum absolute atomic E-state index is 0.112. The summed E-state index contributed by atoms with van der Waals surface area (Å²) in [5.41, 5.74) is 1.88. The molecule has 34 heavy (non-hydrogen) atoms. The lowest BCUT2D eigenvalue weighted by Crippen LogP contribution is -2.65. The number of rotatable bonds is 2. The molecule has 0 spiro atoms. The third-order valence-corrected chi connectivity index (χ3v) is 13.6. The fourth-order valence-electron chi connectivity index (χ4n) is 11.3. The summed E-state index contributed by atoms with van der Waals surface area (Å²) >= 11 is 0. The largest absolute Gasteiger partial charge is 0.481 e. The summed E-state index contributed by atoms with van der Waals surface area (Å²) in [6.07, 6.45) is 12.9. The van der Waals surface area contributed by atoms with E-state index in [0.717, 1.165) is 38.5 Å². The molecule has 0 aliphatic heterocycles. The summed E-state index contributed by atoms with van der Waals surface area (Å²) < 4.78 is 6.01. The summed E-state index contributed by atoms with van der Waals surface area (Å²) in [5.74, 6) is 2.07. The molecular formula is C31H50O3. The minimum atomic E-state index is -0.542. The molecule has 5 rings (SSSR count). The normalized spacial score (nSPS) is 54.1. The molecule has 10 atom stereocenters. The number of carboxylic acid groups (broad SMARTS) is 1. The van der Waals surface area contributed by atoms with Gasteiger partial charge in [0.2, 0.25) is 0 Å². The molecule has 4 fully saturated rings. The molecule has 0 saturated heterocycles. The first-order valence-electron chi connectivity index (χ1n) is 14.3. The van der Waals surface area contributed by atoms with Crippen LogP contribution in [0.5, 0.6) is 0 Å².